The van der Waals surface area contributed by atoms with E-state index in [2.05, 4.69) is 15.5 Å². The average molecular weight is 391 g/mol. The van der Waals surface area contributed by atoms with Gasteiger partial charge >= 0.3 is 12.3 Å². The smallest absolute Gasteiger partial charge is 0.416 e. The molecule has 0 aliphatic carbocycles. The third kappa shape index (κ3) is 4.67. The molecule has 0 saturated carbocycles. The minimum atomic E-state index is -4.40. The van der Waals surface area contributed by atoms with Crippen molar-refractivity contribution in [1.29, 1.82) is 0 Å². The standard InChI is InChI=1S/C19H16F3N3O3/c1-11-23-17(25-28-11)10-16(24-18(26)27)14-4-2-3-13(9-14)12-5-7-15(8-6-12)19(20,21)22/h2-9,16,24H,10H2,1H3,(H,26,27). The highest BCUT2D eigenvalue weighted by Crippen LogP contribution is 2.31. The first kappa shape index (κ1) is 19.4. The molecule has 146 valence electrons. The molecule has 0 aliphatic heterocycles. The molecule has 1 atom stereocenters. The monoisotopic (exact) mass is 391 g/mol. The number of hydrogen-bond donors (Lipinski definition) is 2. The van der Waals surface area contributed by atoms with Gasteiger partial charge in [0.15, 0.2) is 5.82 Å². The van der Waals surface area contributed by atoms with Crippen LogP contribution in [0.15, 0.2) is 53.1 Å². The fourth-order valence-corrected chi connectivity index (χ4v) is 2.79. The Morgan fingerprint density at radius 3 is 2.46 bits per heavy atom. The second-order valence-electron chi connectivity index (χ2n) is 6.14. The summed E-state index contributed by atoms with van der Waals surface area (Å²) >= 11 is 0. The number of halogens is 3. The summed E-state index contributed by atoms with van der Waals surface area (Å²) in [6.07, 6.45) is -5.45. The summed E-state index contributed by atoms with van der Waals surface area (Å²) in [5, 5.41) is 15.3. The Hall–Kier alpha value is -3.36. The fraction of sp³-hybridized carbons (Fsp3) is 0.211. The normalized spacial score (nSPS) is 12.6. The molecule has 1 amide bonds. The zero-order valence-electron chi connectivity index (χ0n) is 14.7. The highest BCUT2D eigenvalue weighted by Gasteiger charge is 2.30. The van der Waals surface area contributed by atoms with Crippen LogP contribution in [0, 0.1) is 6.92 Å². The van der Waals surface area contributed by atoms with Gasteiger partial charge in [-0.05, 0) is 34.9 Å². The predicted octanol–water partition coefficient (Wildman–Crippen LogP) is 4.62. The highest BCUT2D eigenvalue weighted by atomic mass is 19.4. The minimum absolute atomic E-state index is 0.167. The van der Waals surface area contributed by atoms with E-state index in [1.165, 1.54) is 12.1 Å². The maximum absolute atomic E-state index is 12.7. The lowest BCUT2D eigenvalue weighted by Crippen LogP contribution is -2.28. The molecule has 2 N–H and O–H groups in total. The quantitative estimate of drug-likeness (QED) is 0.663. The third-order valence-corrected chi connectivity index (χ3v) is 4.09. The lowest BCUT2D eigenvalue weighted by atomic mass is 9.97. The van der Waals surface area contributed by atoms with E-state index < -0.39 is 23.9 Å². The van der Waals surface area contributed by atoms with Crippen molar-refractivity contribution < 1.29 is 27.6 Å². The molecule has 2 aromatic carbocycles. The van der Waals surface area contributed by atoms with Gasteiger partial charge in [0, 0.05) is 13.3 Å². The molecule has 0 saturated heterocycles. The van der Waals surface area contributed by atoms with Crippen LogP contribution < -0.4 is 5.32 Å². The van der Waals surface area contributed by atoms with Crippen LogP contribution in [0.1, 0.15) is 28.9 Å². The number of carbonyl (C=O) groups is 1. The van der Waals surface area contributed by atoms with Gasteiger partial charge in [-0.1, -0.05) is 35.5 Å². The molecule has 6 nitrogen and oxygen atoms in total. The van der Waals surface area contributed by atoms with Gasteiger partial charge in [0.25, 0.3) is 0 Å². The van der Waals surface area contributed by atoms with Crippen LogP contribution >= 0.6 is 0 Å². The van der Waals surface area contributed by atoms with E-state index in [1.807, 2.05) is 0 Å². The van der Waals surface area contributed by atoms with Gasteiger partial charge in [-0.15, -0.1) is 0 Å². The van der Waals surface area contributed by atoms with Crippen molar-refractivity contribution in [2.75, 3.05) is 0 Å². The maximum Gasteiger partial charge on any atom is 0.416 e. The SMILES string of the molecule is Cc1nc(CC(NC(=O)O)c2cccc(-c3ccc(C(F)(F)F)cc3)c2)no1. The molecule has 1 heterocycles. The summed E-state index contributed by atoms with van der Waals surface area (Å²) in [5.41, 5.74) is 1.14. The highest BCUT2D eigenvalue weighted by molar-refractivity contribution is 5.67. The number of benzene rings is 2. The number of alkyl halides is 3. The van der Waals surface area contributed by atoms with Crippen LogP contribution in [0.4, 0.5) is 18.0 Å². The Bertz CT molecular complexity index is 968. The first-order valence-corrected chi connectivity index (χ1v) is 8.28. The number of amides is 1. The van der Waals surface area contributed by atoms with Crippen LogP contribution in [0.25, 0.3) is 11.1 Å². The van der Waals surface area contributed by atoms with Crippen LogP contribution in [0.3, 0.4) is 0 Å². The number of nitrogens with one attached hydrogen (secondary N) is 1. The Labute approximate surface area is 158 Å². The largest absolute Gasteiger partial charge is 0.465 e. The number of aromatic nitrogens is 2. The summed E-state index contributed by atoms with van der Waals surface area (Å²) in [4.78, 5) is 15.3. The van der Waals surface area contributed by atoms with Crippen molar-refractivity contribution in [2.45, 2.75) is 25.6 Å². The molecule has 3 rings (SSSR count). The van der Waals surface area contributed by atoms with Crippen molar-refractivity contribution in [3.05, 3.63) is 71.4 Å². The minimum Gasteiger partial charge on any atom is -0.465 e. The molecule has 0 bridgehead atoms. The third-order valence-electron chi connectivity index (χ3n) is 4.09. The molecular formula is C19H16F3N3O3. The first-order valence-electron chi connectivity index (χ1n) is 8.28. The van der Waals surface area contributed by atoms with Crippen LogP contribution in [0.2, 0.25) is 0 Å². The number of rotatable bonds is 5. The number of aryl methyl sites for hydroxylation is 1. The van der Waals surface area contributed by atoms with Crippen molar-refractivity contribution in [2.24, 2.45) is 0 Å². The van der Waals surface area contributed by atoms with E-state index in [0.717, 1.165) is 12.1 Å². The molecule has 9 heteroatoms. The van der Waals surface area contributed by atoms with Crippen LogP contribution in [-0.2, 0) is 12.6 Å². The number of carboxylic acid groups (broad SMARTS) is 1. The summed E-state index contributed by atoms with van der Waals surface area (Å²) in [6.45, 7) is 1.63. The molecule has 3 aromatic rings. The Kier molecular flexibility index (Phi) is 5.34. The molecule has 1 unspecified atom stereocenters. The molecule has 28 heavy (non-hydrogen) atoms. The molecule has 0 spiro atoms. The van der Waals surface area contributed by atoms with Gasteiger partial charge in [-0.2, -0.15) is 18.2 Å². The van der Waals surface area contributed by atoms with Crippen LogP contribution in [0.5, 0.6) is 0 Å². The van der Waals surface area contributed by atoms with Crippen molar-refractivity contribution >= 4 is 6.09 Å². The Balaban J connectivity index is 1.89. The topological polar surface area (TPSA) is 88.2 Å². The molecule has 1 aromatic heterocycles. The molecule has 0 fully saturated rings. The van der Waals surface area contributed by atoms with Gasteiger partial charge < -0.3 is 14.9 Å². The summed E-state index contributed by atoms with van der Waals surface area (Å²) < 4.78 is 43.1. The zero-order chi connectivity index (χ0) is 20.3. The van der Waals surface area contributed by atoms with E-state index in [-0.39, 0.29) is 6.42 Å². The van der Waals surface area contributed by atoms with Gasteiger partial charge in [0.05, 0.1) is 11.6 Å². The van der Waals surface area contributed by atoms with Gasteiger partial charge in [-0.3, -0.25) is 0 Å². The van der Waals surface area contributed by atoms with Gasteiger partial charge in [-0.25, -0.2) is 4.79 Å². The van der Waals surface area contributed by atoms with Crippen LogP contribution in [-0.4, -0.2) is 21.3 Å². The summed E-state index contributed by atoms with van der Waals surface area (Å²) in [6, 6.07) is 11.0. The maximum atomic E-state index is 12.7. The zero-order valence-corrected chi connectivity index (χ0v) is 14.7. The second-order valence-corrected chi connectivity index (χ2v) is 6.14. The Morgan fingerprint density at radius 1 is 1.18 bits per heavy atom. The van der Waals surface area contributed by atoms with Crippen molar-refractivity contribution in [3.63, 3.8) is 0 Å². The lowest BCUT2D eigenvalue weighted by molar-refractivity contribution is -0.137. The van der Waals surface area contributed by atoms with Crippen molar-refractivity contribution in [1.82, 2.24) is 15.5 Å². The summed E-state index contributed by atoms with van der Waals surface area (Å²) in [7, 11) is 0. The van der Waals surface area contributed by atoms with Gasteiger partial charge in [0.2, 0.25) is 5.89 Å². The molecule has 0 aliphatic rings. The van der Waals surface area contributed by atoms with E-state index in [4.69, 9.17) is 9.63 Å². The lowest BCUT2D eigenvalue weighted by Gasteiger charge is -2.17. The summed E-state index contributed by atoms with van der Waals surface area (Å²) in [5.74, 6) is 0.707. The number of hydrogen-bond acceptors (Lipinski definition) is 4. The molecule has 0 radical (unpaired) electrons. The average Bonchev–Trinajstić information content (AvgIpc) is 3.05. The van der Waals surface area contributed by atoms with E-state index in [0.29, 0.717) is 28.4 Å². The first-order chi connectivity index (χ1) is 13.2. The van der Waals surface area contributed by atoms with Gasteiger partial charge in [0.1, 0.15) is 0 Å². The van der Waals surface area contributed by atoms with Crippen molar-refractivity contribution in [3.8, 4) is 11.1 Å². The predicted molar refractivity (Wildman–Crippen MR) is 93.5 cm³/mol. The number of nitrogens with zero attached hydrogens (tertiary/aromatic N) is 2. The van der Waals surface area contributed by atoms with E-state index in [9.17, 15) is 18.0 Å². The fourth-order valence-electron chi connectivity index (χ4n) is 2.79. The van der Waals surface area contributed by atoms with E-state index in [1.54, 1.807) is 31.2 Å². The second kappa shape index (κ2) is 7.71. The Morgan fingerprint density at radius 2 is 1.89 bits per heavy atom. The van der Waals surface area contributed by atoms with E-state index >= 15 is 0 Å². The molecular weight excluding hydrogens is 375 g/mol.